The molecule has 0 radical (unpaired) electrons. The molecule has 1 saturated heterocycles. The number of hydrogen-bond donors (Lipinski definition) is 1. The molecule has 0 saturated carbocycles. The topological polar surface area (TPSA) is 47.0 Å². The van der Waals surface area contributed by atoms with Crippen LogP contribution in [0, 0.1) is 0 Å². The third-order valence-electron chi connectivity index (χ3n) is 5.17. The Balaban J connectivity index is 1.36. The first-order chi connectivity index (χ1) is 13.1. The Morgan fingerprint density at radius 2 is 1.56 bits per heavy atom. The lowest BCUT2D eigenvalue weighted by molar-refractivity contribution is 0.0697. The largest absolute Gasteiger partial charge is 0.478 e. The van der Waals surface area contributed by atoms with Crippen LogP contribution in [0.1, 0.15) is 21.5 Å². The Kier molecular flexibility index (Phi) is 6.98. The van der Waals surface area contributed by atoms with Gasteiger partial charge >= 0.3 is 5.97 Å². The Labute approximate surface area is 161 Å². The summed E-state index contributed by atoms with van der Waals surface area (Å²) in [5.74, 6) is -0.874. The summed E-state index contributed by atoms with van der Waals surface area (Å²) in [5, 5.41) is 8.97. The molecule has 0 aromatic heterocycles. The number of aromatic carboxylic acids is 1. The maximum absolute atomic E-state index is 10.9. The third kappa shape index (κ3) is 6.17. The highest BCUT2D eigenvalue weighted by molar-refractivity contribution is 5.87. The van der Waals surface area contributed by atoms with Crippen molar-refractivity contribution in [1.29, 1.82) is 0 Å². The molecule has 1 N–H and O–H groups in total. The molecule has 1 heterocycles. The van der Waals surface area contributed by atoms with Crippen molar-refractivity contribution in [3.63, 3.8) is 0 Å². The van der Waals surface area contributed by atoms with E-state index in [1.54, 1.807) is 12.1 Å². The quantitative estimate of drug-likeness (QED) is 0.777. The van der Waals surface area contributed by atoms with Crippen molar-refractivity contribution in [3.8, 4) is 0 Å². The first-order valence-electron chi connectivity index (χ1n) is 9.59. The number of hydrogen-bond acceptors (Lipinski definition) is 4. The van der Waals surface area contributed by atoms with E-state index >= 15 is 0 Å². The molecule has 144 valence electrons. The summed E-state index contributed by atoms with van der Waals surface area (Å²) in [7, 11) is 2.12. The zero-order valence-electron chi connectivity index (χ0n) is 16.1. The number of piperazine rings is 1. The standard InChI is InChI=1S/C22H29N3O2/c1-23(17-20-7-9-21(10-8-20)22(26)27)11-12-24-13-15-25(16-14-24)18-19-5-3-2-4-6-19/h2-10H,11-18H2,1H3,(H,26,27). The molecule has 1 fully saturated rings. The normalized spacial score (nSPS) is 15.9. The van der Waals surface area contributed by atoms with Crippen molar-refractivity contribution in [2.75, 3.05) is 46.3 Å². The fourth-order valence-corrected chi connectivity index (χ4v) is 3.47. The van der Waals surface area contributed by atoms with Crippen molar-refractivity contribution in [2.45, 2.75) is 13.1 Å². The van der Waals surface area contributed by atoms with Crippen LogP contribution >= 0.6 is 0 Å². The highest BCUT2D eigenvalue weighted by Gasteiger charge is 2.17. The van der Waals surface area contributed by atoms with Crippen LogP contribution in [0.5, 0.6) is 0 Å². The van der Waals surface area contributed by atoms with Gasteiger partial charge in [0, 0.05) is 52.4 Å². The van der Waals surface area contributed by atoms with E-state index in [4.69, 9.17) is 5.11 Å². The maximum Gasteiger partial charge on any atom is 0.335 e. The van der Waals surface area contributed by atoms with E-state index in [0.29, 0.717) is 5.56 Å². The fraction of sp³-hybridized carbons (Fsp3) is 0.409. The van der Waals surface area contributed by atoms with Gasteiger partial charge in [0.2, 0.25) is 0 Å². The SMILES string of the molecule is CN(CCN1CCN(Cc2ccccc2)CC1)Cc1ccc(C(=O)O)cc1. The Morgan fingerprint density at radius 3 is 2.19 bits per heavy atom. The van der Waals surface area contributed by atoms with E-state index in [0.717, 1.165) is 57.9 Å². The predicted octanol–water partition coefficient (Wildman–Crippen LogP) is 2.63. The van der Waals surface area contributed by atoms with Gasteiger partial charge in [0.25, 0.3) is 0 Å². The van der Waals surface area contributed by atoms with Gasteiger partial charge in [0.15, 0.2) is 0 Å². The molecule has 0 amide bonds. The Morgan fingerprint density at radius 1 is 0.926 bits per heavy atom. The van der Waals surface area contributed by atoms with Crippen LogP contribution in [0.3, 0.4) is 0 Å². The molecular weight excluding hydrogens is 338 g/mol. The van der Waals surface area contributed by atoms with E-state index in [-0.39, 0.29) is 0 Å². The molecule has 3 rings (SSSR count). The smallest absolute Gasteiger partial charge is 0.335 e. The number of benzene rings is 2. The van der Waals surface area contributed by atoms with Crippen molar-refractivity contribution >= 4 is 5.97 Å². The summed E-state index contributed by atoms with van der Waals surface area (Å²) in [5.41, 5.74) is 2.88. The van der Waals surface area contributed by atoms with Gasteiger partial charge < -0.3 is 10.0 Å². The molecule has 0 aliphatic carbocycles. The van der Waals surface area contributed by atoms with Crippen LogP contribution in [-0.4, -0.2) is 72.1 Å². The zero-order chi connectivity index (χ0) is 19.1. The maximum atomic E-state index is 10.9. The Bertz CT molecular complexity index is 710. The molecule has 2 aromatic rings. The van der Waals surface area contributed by atoms with Gasteiger partial charge in [0.1, 0.15) is 0 Å². The molecule has 5 nitrogen and oxygen atoms in total. The van der Waals surface area contributed by atoms with Crippen molar-refractivity contribution in [3.05, 3.63) is 71.3 Å². The highest BCUT2D eigenvalue weighted by atomic mass is 16.4. The lowest BCUT2D eigenvalue weighted by Gasteiger charge is -2.35. The number of likely N-dealkylation sites (N-methyl/N-ethyl adjacent to an activating group) is 1. The average molecular weight is 367 g/mol. The molecule has 0 unspecified atom stereocenters. The molecule has 2 aromatic carbocycles. The fourth-order valence-electron chi connectivity index (χ4n) is 3.47. The zero-order valence-corrected chi connectivity index (χ0v) is 16.1. The first kappa shape index (κ1) is 19.5. The van der Waals surface area contributed by atoms with Crippen molar-refractivity contribution in [2.24, 2.45) is 0 Å². The number of carboxylic acids is 1. The number of rotatable bonds is 8. The van der Waals surface area contributed by atoms with Gasteiger partial charge in [-0.1, -0.05) is 42.5 Å². The highest BCUT2D eigenvalue weighted by Crippen LogP contribution is 2.10. The second kappa shape index (κ2) is 9.65. The summed E-state index contributed by atoms with van der Waals surface area (Å²) >= 11 is 0. The second-order valence-corrected chi connectivity index (χ2v) is 7.34. The number of carboxylic acid groups (broad SMARTS) is 1. The summed E-state index contributed by atoms with van der Waals surface area (Å²) < 4.78 is 0. The van der Waals surface area contributed by atoms with E-state index < -0.39 is 5.97 Å². The molecule has 0 bridgehead atoms. The minimum Gasteiger partial charge on any atom is -0.478 e. The summed E-state index contributed by atoms with van der Waals surface area (Å²) in [4.78, 5) is 18.3. The molecule has 1 aliphatic heterocycles. The first-order valence-corrected chi connectivity index (χ1v) is 9.59. The van der Waals surface area contributed by atoms with E-state index in [2.05, 4.69) is 52.1 Å². The van der Waals surface area contributed by atoms with Crippen LogP contribution in [0.15, 0.2) is 54.6 Å². The van der Waals surface area contributed by atoms with Crippen LogP contribution in [0.2, 0.25) is 0 Å². The van der Waals surface area contributed by atoms with Gasteiger partial charge in [-0.3, -0.25) is 9.80 Å². The van der Waals surface area contributed by atoms with Gasteiger partial charge in [0.05, 0.1) is 5.56 Å². The molecule has 27 heavy (non-hydrogen) atoms. The van der Waals surface area contributed by atoms with Gasteiger partial charge in [-0.05, 0) is 30.3 Å². The molecule has 0 atom stereocenters. The monoisotopic (exact) mass is 367 g/mol. The summed E-state index contributed by atoms with van der Waals surface area (Å²) in [6.07, 6.45) is 0. The Hall–Kier alpha value is -2.21. The van der Waals surface area contributed by atoms with Gasteiger partial charge in [-0.15, -0.1) is 0 Å². The van der Waals surface area contributed by atoms with Crippen molar-refractivity contribution in [1.82, 2.24) is 14.7 Å². The second-order valence-electron chi connectivity index (χ2n) is 7.34. The van der Waals surface area contributed by atoms with Crippen molar-refractivity contribution < 1.29 is 9.90 Å². The van der Waals surface area contributed by atoms with Crippen LogP contribution in [0.25, 0.3) is 0 Å². The van der Waals surface area contributed by atoms with Crippen LogP contribution in [-0.2, 0) is 13.1 Å². The predicted molar refractivity (Wildman–Crippen MR) is 108 cm³/mol. The summed E-state index contributed by atoms with van der Waals surface area (Å²) in [6, 6.07) is 17.8. The lowest BCUT2D eigenvalue weighted by Crippen LogP contribution is -2.47. The minimum atomic E-state index is -0.874. The van der Waals surface area contributed by atoms with Crippen LogP contribution in [0.4, 0.5) is 0 Å². The van der Waals surface area contributed by atoms with E-state index in [1.165, 1.54) is 5.56 Å². The van der Waals surface area contributed by atoms with Crippen LogP contribution < -0.4 is 0 Å². The average Bonchev–Trinajstić information content (AvgIpc) is 2.69. The molecule has 5 heteroatoms. The molecular formula is C22H29N3O2. The van der Waals surface area contributed by atoms with E-state index in [9.17, 15) is 4.79 Å². The molecule has 0 spiro atoms. The summed E-state index contributed by atoms with van der Waals surface area (Å²) in [6.45, 7) is 8.45. The third-order valence-corrected chi connectivity index (χ3v) is 5.17. The van der Waals surface area contributed by atoms with Gasteiger partial charge in [-0.25, -0.2) is 4.79 Å². The number of nitrogens with zero attached hydrogens (tertiary/aromatic N) is 3. The lowest BCUT2D eigenvalue weighted by atomic mass is 10.1. The van der Waals surface area contributed by atoms with Gasteiger partial charge in [-0.2, -0.15) is 0 Å². The molecule has 1 aliphatic rings. The minimum absolute atomic E-state index is 0.342. The number of carbonyl (C=O) groups is 1. The van der Waals surface area contributed by atoms with E-state index in [1.807, 2.05) is 12.1 Å².